The summed E-state index contributed by atoms with van der Waals surface area (Å²) < 4.78 is 48.1. The van der Waals surface area contributed by atoms with Gasteiger partial charge in [-0.2, -0.15) is 0 Å². The van der Waals surface area contributed by atoms with Gasteiger partial charge < -0.3 is 15.2 Å². The summed E-state index contributed by atoms with van der Waals surface area (Å²) in [6, 6.07) is 4.06. The van der Waals surface area contributed by atoms with Gasteiger partial charge in [-0.15, -0.1) is 8.78 Å². The minimum Gasteiger partial charge on any atom is -0.395 e. The van der Waals surface area contributed by atoms with Crippen LogP contribution in [0.5, 0.6) is 11.5 Å². The molecule has 1 aliphatic heterocycles. The van der Waals surface area contributed by atoms with Crippen molar-refractivity contribution in [2.75, 3.05) is 6.50 Å². The van der Waals surface area contributed by atoms with E-state index in [0.29, 0.717) is 5.56 Å². The van der Waals surface area contributed by atoms with Gasteiger partial charge in [-0.1, -0.05) is 6.07 Å². The summed E-state index contributed by atoms with van der Waals surface area (Å²) in [4.78, 5) is 0. The molecular weight excluding hydrogens is 192 g/mol. The van der Waals surface area contributed by atoms with Crippen LogP contribution in [0.4, 0.5) is 8.78 Å². The molecule has 0 radical (unpaired) electrons. The molecule has 5 heteroatoms. The molecule has 0 saturated carbocycles. The van der Waals surface area contributed by atoms with Crippen molar-refractivity contribution >= 4 is 0 Å². The number of rotatable bonds is 2. The smallest absolute Gasteiger partial charge is 0.395 e. The summed E-state index contributed by atoms with van der Waals surface area (Å²) in [6.45, 7) is -1.89. The van der Waals surface area contributed by atoms with E-state index >= 15 is 0 Å². The summed E-state index contributed by atoms with van der Waals surface area (Å²) in [5.74, 6) is -0.168. The molecule has 0 aliphatic carbocycles. The maximum Gasteiger partial charge on any atom is 0.586 e. The summed E-state index contributed by atoms with van der Waals surface area (Å²) >= 11 is 0. The first-order valence-electron chi connectivity index (χ1n) is 4.93. The van der Waals surface area contributed by atoms with Crippen LogP contribution in [-0.4, -0.2) is 12.8 Å². The lowest BCUT2D eigenvalue weighted by Gasteiger charge is -2.04. The molecular formula is C9H9F2NO2. The minimum absolute atomic E-state index is 0.0636. The van der Waals surface area contributed by atoms with E-state index in [2.05, 4.69) is 9.47 Å². The van der Waals surface area contributed by atoms with E-state index < -0.39 is 12.8 Å². The molecule has 0 aromatic heterocycles. The average Bonchev–Trinajstić information content (AvgIpc) is 2.34. The molecule has 0 bridgehead atoms. The van der Waals surface area contributed by atoms with E-state index in [1.165, 1.54) is 18.2 Å². The molecule has 1 aromatic carbocycles. The Morgan fingerprint density at radius 2 is 2.07 bits per heavy atom. The molecule has 1 aromatic rings. The first-order valence-corrected chi connectivity index (χ1v) is 3.93. The van der Waals surface area contributed by atoms with Crippen molar-refractivity contribution in [1.29, 1.82) is 0 Å². The van der Waals surface area contributed by atoms with Crippen LogP contribution in [-0.2, 0) is 6.42 Å². The number of halogens is 2. The number of ether oxygens (including phenoxy) is 2. The fourth-order valence-electron chi connectivity index (χ4n) is 1.22. The van der Waals surface area contributed by atoms with Crippen LogP contribution in [0.1, 0.15) is 8.30 Å². The quantitative estimate of drug-likeness (QED) is 0.792. The van der Waals surface area contributed by atoms with Gasteiger partial charge in [-0.05, 0) is 30.6 Å². The Labute approximate surface area is 82.2 Å². The zero-order valence-electron chi connectivity index (χ0n) is 9.09. The first-order chi connectivity index (χ1) is 7.25. The molecule has 14 heavy (non-hydrogen) atoms. The Kier molecular flexibility index (Phi) is 1.55. The molecule has 0 unspecified atom stereocenters. The second kappa shape index (κ2) is 3.09. The minimum atomic E-state index is -3.65. The number of hydrogen-bond donors (Lipinski definition) is 1. The van der Waals surface area contributed by atoms with Crippen molar-refractivity contribution in [1.82, 2.24) is 0 Å². The van der Waals surface area contributed by atoms with Gasteiger partial charge >= 0.3 is 6.29 Å². The van der Waals surface area contributed by atoms with Crippen molar-refractivity contribution in [2.45, 2.75) is 12.7 Å². The SMILES string of the molecule is [2H]C([2H])(N)Cc1ccc2c(c1)OC(F)(F)O2. The van der Waals surface area contributed by atoms with Gasteiger partial charge in [0.2, 0.25) is 0 Å². The molecule has 2 N–H and O–H groups in total. The summed E-state index contributed by atoms with van der Waals surface area (Å²) in [5.41, 5.74) is 5.64. The second-order valence-corrected chi connectivity index (χ2v) is 2.83. The van der Waals surface area contributed by atoms with Gasteiger partial charge in [0.25, 0.3) is 0 Å². The van der Waals surface area contributed by atoms with Crippen molar-refractivity contribution in [3.05, 3.63) is 23.8 Å². The molecule has 0 saturated heterocycles. The van der Waals surface area contributed by atoms with Crippen LogP contribution in [0.25, 0.3) is 0 Å². The Balaban J connectivity index is 2.23. The lowest BCUT2D eigenvalue weighted by Crippen LogP contribution is -2.25. The number of nitrogens with two attached hydrogens (primary N) is 1. The van der Waals surface area contributed by atoms with Gasteiger partial charge in [-0.25, -0.2) is 0 Å². The highest BCUT2D eigenvalue weighted by Crippen LogP contribution is 2.41. The fourth-order valence-corrected chi connectivity index (χ4v) is 1.22. The lowest BCUT2D eigenvalue weighted by atomic mass is 10.1. The molecule has 0 atom stereocenters. The number of benzene rings is 1. The van der Waals surface area contributed by atoms with Crippen LogP contribution in [0, 0.1) is 0 Å². The maximum absolute atomic E-state index is 12.7. The van der Waals surface area contributed by atoms with E-state index in [0.717, 1.165) is 0 Å². The van der Waals surface area contributed by atoms with Crippen molar-refractivity contribution < 1.29 is 21.0 Å². The molecule has 0 fully saturated rings. The summed E-state index contributed by atoms with van der Waals surface area (Å²) in [5, 5.41) is 0. The van der Waals surface area contributed by atoms with E-state index in [-0.39, 0.29) is 17.9 Å². The van der Waals surface area contributed by atoms with Gasteiger partial charge in [-0.3, -0.25) is 0 Å². The van der Waals surface area contributed by atoms with Crippen molar-refractivity contribution in [3.8, 4) is 11.5 Å². The average molecular weight is 203 g/mol. The largest absolute Gasteiger partial charge is 0.586 e. The number of fused-ring (bicyclic) bond motifs is 1. The molecule has 1 heterocycles. The topological polar surface area (TPSA) is 44.5 Å². The highest BCUT2D eigenvalue weighted by molar-refractivity contribution is 5.45. The van der Waals surface area contributed by atoms with Crippen LogP contribution in [0.3, 0.4) is 0 Å². The zero-order chi connectivity index (χ0) is 12.0. The Hall–Kier alpha value is -1.36. The molecule has 3 nitrogen and oxygen atoms in total. The third-order valence-corrected chi connectivity index (χ3v) is 1.77. The maximum atomic E-state index is 12.7. The number of alkyl halides is 2. The number of aryl methyl sites for hydroxylation is 1. The van der Waals surface area contributed by atoms with Crippen LogP contribution in [0.15, 0.2) is 18.2 Å². The van der Waals surface area contributed by atoms with Crippen molar-refractivity contribution in [2.24, 2.45) is 5.73 Å². The van der Waals surface area contributed by atoms with Crippen LogP contribution < -0.4 is 15.2 Å². The zero-order valence-corrected chi connectivity index (χ0v) is 7.09. The highest BCUT2D eigenvalue weighted by Gasteiger charge is 2.43. The second-order valence-electron chi connectivity index (χ2n) is 2.83. The van der Waals surface area contributed by atoms with Gasteiger partial charge in [0, 0.05) is 2.74 Å². The number of hydrogen-bond acceptors (Lipinski definition) is 3. The molecule has 2 rings (SSSR count). The standard InChI is InChI=1S/C9H9F2NO2/c10-9(11)13-7-2-1-6(3-4-12)5-8(7)14-9/h1-2,5H,3-4,12H2/i4D2. The van der Waals surface area contributed by atoms with E-state index in [1.807, 2.05) is 0 Å². The van der Waals surface area contributed by atoms with Crippen LogP contribution >= 0.6 is 0 Å². The Morgan fingerprint density at radius 1 is 1.36 bits per heavy atom. The van der Waals surface area contributed by atoms with Crippen molar-refractivity contribution in [3.63, 3.8) is 0 Å². The molecule has 0 amide bonds. The fraction of sp³-hybridized carbons (Fsp3) is 0.333. The first kappa shape index (κ1) is 7.00. The normalized spacial score (nSPS) is 20.2. The van der Waals surface area contributed by atoms with E-state index in [4.69, 9.17) is 8.48 Å². The summed E-state index contributed by atoms with van der Waals surface area (Å²) in [6.07, 6.45) is -3.74. The van der Waals surface area contributed by atoms with E-state index in [1.54, 1.807) is 0 Å². The third kappa shape index (κ3) is 1.63. The van der Waals surface area contributed by atoms with Gasteiger partial charge in [0.05, 0.1) is 0 Å². The lowest BCUT2D eigenvalue weighted by molar-refractivity contribution is -0.286. The molecule has 0 spiro atoms. The Bertz CT molecular complexity index is 420. The Morgan fingerprint density at radius 3 is 2.79 bits per heavy atom. The van der Waals surface area contributed by atoms with Gasteiger partial charge in [0.15, 0.2) is 11.5 Å². The van der Waals surface area contributed by atoms with Crippen LogP contribution in [0.2, 0.25) is 0 Å². The third-order valence-electron chi connectivity index (χ3n) is 1.77. The predicted molar refractivity (Wildman–Crippen MR) is 45.4 cm³/mol. The van der Waals surface area contributed by atoms with Gasteiger partial charge in [0.1, 0.15) is 0 Å². The molecule has 1 aliphatic rings. The monoisotopic (exact) mass is 203 g/mol. The highest BCUT2D eigenvalue weighted by atomic mass is 19.3. The summed E-state index contributed by atoms with van der Waals surface area (Å²) in [7, 11) is 0. The predicted octanol–water partition coefficient (Wildman–Crippen LogP) is 1.51. The molecule has 76 valence electrons. The van der Waals surface area contributed by atoms with E-state index in [9.17, 15) is 8.78 Å².